The first-order chi connectivity index (χ1) is 10.3. The number of aliphatic imine (C=N–C) groups is 1. The number of hydrogen-bond acceptors (Lipinski definition) is 2. The zero-order valence-electron chi connectivity index (χ0n) is 12.7. The fourth-order valence-corrected chi connectivity index (χ4v) is 3.28. The Morgan fingerprint density at radius 3 is 2.38 bits per heavy atom. The van der Waals surface area contributed by atoms with Crippen molar-refractivity contribution >= 4 is 5.96 Å². The van der Waals surface area contributed by atoms with Crippen LogP contribution >= 0.6 is 0 Å². The van der Waals surface area contributed by atoms with E-state index in [1.807, 2.05) is 0 Å². The van der Waals surface area contributed by atoms with Gasteiger partial charge in [0.25, 0.3) is 0 Å². The Balaban J connectivity index is 1.48. The summed E-state index contributed by atoms with van der Waals surface area (Å²) in [5.74, 6) is 0.765. The predicted octanol–water partition coefficient (Wildman–Crippen LogP) is 2.06. The molecule has 4 heteroatoms. The lowest BCUT2D eigenvalue weighted by atomic mass is 10.2. The van der Waals surface area contributed by atoms with Crippen molar-refractivity contribution in [1.29, 1.82) is 0 Å². The van der Waals surface area contributed by atoms with Gasteiger partial charge in [0.2, 0.25) is 0 Å². The predicted molar refractivity (Wildman–Crippen MR) is 87.2 cm³/mol. The van der Waals surface area contributed by atoms with Crippen molar-refractivity contribution in [3.05, 3.63) is 35.9 Å². The summed E-state index contributed by atoms with van der Waals surface area (Å²) >= 11 is 0. The van der Waals surface area contributed by atoms with Crippen LogP contribution in [0.25, 0.3) is 0 Å². The molecule has 2 fully saturated rings. The average molecular weight is 286 g/mol. The minimum Gasteiger partial charge on any atom is -0.370 e. The van der Waals surface area contributed by atoms with Crippen LogP contribution in [0.15, 0.2) is 35.3 Å². The first kappa shape index (κ1) is 14.4. The summed E-state index contributed by atoms with van der Waals surface area (Å²) in [4.78, 5) is 9.46. The van der Waals surface area contributed by atoms with E-state index >= 15 is 0 Å². The standard InChI is InChI=1S/C17H26N4/c18-17(19-16-8-4-5-9-16)21-12-10-20(11-13-21)14-15-6-2-1-3-7-15/h1-3,6-7,16H,4-5,8-14H2,(H2,18,19). The van der Waals surface area contributed by atoms with Crippen LogP contribution in [0.1, 0.15) is 31.2 Å². The topological polar surface area (TPSA) is 44.9 Å². The molecule has 4 nitrogen and oxygen atoms in total. The molecule has 0 unspecified atom stereocenters. The molecule has 114 valence electrons. The number of nitrogens with two attached hydrogens (primary N) is 1. The van der Waals surface area contributed by atoms with Gasteiger partial charge in [-0.1, -0.05) is 43.2 Å². The number of benzene rings is 1. The quantitative estimate of drug-likeness (QED) is 0.683. The van der Waals surface area contributed by atoms with E-state index in [9.17, 15) is 0 Å². The molecule has 0 bridgehead atoms. The second-order valence-electron chi connectivity index (χ2n) is 6.17. The Morgan fingerprint density at radius 1 is 1.05 bits per heavy atom. The van der Waals surface area contributed by atoms with Crippen LogP contribution in [0.2, 0.25) is 0 Å². The minimum absolute atomic E-state index is 0.479. The van der Waals surface area contributed by atoms with E-state index in [-0.39, 0.29) is 0 Å². The Morgan fingerprint density at radius 2 is 1.71 bits per heavy atom. The normalized spacial score (nSPS) is 21.9. The van der Waals surface area contributed by atoms with Crippen LogP contribution in [0, 0.1) is 0 Å². The van der Waals surface area contributed by atoms with Crippen molar-refractivity contribution in [3.63, 3.8) is 0 Å². The van der Waals surface area contributed by atoms with E-state index in [0.29, 0.717) is 6.04 Å². The monoisotopic (exact) mass is 286 g/mol. The molecule has 2 aliphatic rings. The Bertz CT molecular complexity index is 457. The van der Waals surface area contributed by atoms with E-state index < -0.39 is 0 Å². The van der Waals surface area contributed by atoms with E-state index in [1.54, 1.807) is 0 Å². The molecule has 0 amide bonds. The molecule has 0 radical (unpaired) electrons. The van der Waals surface area contributed by atoms with Crippen molar-refractivity contribution in [2.24, 2.45) is 10.7 Å². The number of hydrogen-bond donors (Lipinski definition) is 1. The SMILES string of the molecule is NC(=NC1CCCC1)N1CCN(Cc2ccccc2)CC1. The van der Waals surface area contributed by atoms with Crippen LogP contribution in [-0.2, 0) is 6.54 Å². The molecule has 1 aromatic carbocycles. The van der Waals surface area contributed by atoms with Gasteiger partial charge in [-0.3, -0.25) is 4.90 Å². The van der Waals surface area contributed by atoms with Gasteiger partial charge in [0.05, 0.1) is 6.04 Å². The number of rotatable bonds is 3. The zero-order valence-corrected chi connectivity index (χ0v) is 12.7. The largest absolute Gasteiger partial charge is 0.370 e. The summed E-state index contributed by atoms with van der Waals surface area (Å²) < 4.78 is 0. The molecule has 3 rings (SSSR count). The van der Waals surface area contributed by atoms with Gasteiger partial charge in [-0.15, -0.1) is 0 Å². The van der Waals surface area contributed by atoms with Crippen LogP contribution in [0.3, 0.4) is 0 Å². The summed E-state index contributed by atoms with van der Waals surface area (Å²) in [5, 5.41) is 0. The maximum Gasteiger partial charge on any atom is 0.191 e. The van der Waals surface area contributed by atoms with Crippen molar-refractivity contribution in [3.8, 4) is 0 Å². The average Bonchev–Trinajstić information content (AvgIpc) is 3.02. The maximum absolute atomic E-state index is 6.18. The highest BCUT2D eigenvalue weighted by molar-refractivity contribution is 5.78. The molecule has 1 saturated carbocycles. The molecule has 0 atom stereocenters. The van der Waals surface area contributed by atoms with Crippen molar-refractivity contribution in [2.75, 3.05) is 26.2 Å². The van der Waals surface area contributed by atoms with Crippen LogP contribution in [-0.4, -0.2) is 48.0 Å². The second-order valence-corrected chi connectivity index (χ2v) is 6.17. The van der Waals surface area contributed by atoms with E-state index in [4.69, 9.17) is 10.7 Å². The Hall–Kier alpha value is -1.55. The first-order valence-corrected chi connectivity index (χ1v) is 8.16. The molecular formula is C17H26N4. The molecule has 1 aliphatic carbocycles. The third kappa shape index (κ3) is 3.97. The van der Waals surface area contributed by atoms with Gasteiger partial charge in [-0.25, -0.2) is 4.99 Å². The van der Waals surface area contributed by atoms with Gasteiger partial charge < -0.3 is 10.6 Å². The van der Waals surface area contributed by atoms with Gasteiger partial charge >= 0.3 is 0 Å². The lowest BCUT2D eigenvalue weighted by Gasteiger charge is -2.35. The molecule has 1 aromatic rings. The minimum atomic E-state index is 0.479. The van der Waals surface area contributed by atoms with Crippen molar-refractivity contribution in [1.82, 2.24) is 9.80 Å². The molecule has 21 heavy (non-hydrogen) atoms. The molecular weight excluding hydrogens is 260 g/mol. The molecule has 1 heterocycles. The number of guanidine groups is 1. The summed E-state index contributed by atoms with van der Waals surface area (Å²) in [6, 6.07) is 11.2. The molecule has 2 N–H and O–H groups in total. The third-order valence-electron chi connectivity index (χ3n) is 4.58. The van der Waals surface area contributed by atoms with Gasteiger partial charge in [0.1, 0.15) is 0 Å². The third-order valence-corrected chi connectivity index (χ3v) is 4.58. The highest BCUT2D eigenvalue weighted by Crippen LogP contribution is 2.21. The fourth-order valence-electron chi connectivity index (χ4n) is 3.28. The number of nitrogens with zero attached hydrogens (tertiary/aromatic N) is 3. The smallest absolute Gasteiger partial charge is 0.191 e. The fraction of sp³-hybridized carbons (Fsp3) is 0.588. The lowest BCUT2D eigenvalue weighted by Crippen LogP contribution is -2.51. The van der Waals surface area contributed by atoms with Crippen LogP contribution < -0.4 is 5.73 Å². The van der Waals surface area contributed by atoms with E-state index in [0.717, 1.165) is 38.7 Å². The lowest BCUT2D eigenvalue weighted by molar-refractivity contribution is 0.174. The van der Waals surface area contributed by atoms with Crippen molar-refractivity contribution in [2.45, 2.75) is 38.3 Å². The van der Waals surface area contributed by atoms with Gasteiger partial charge in [0, 0.05) is 32.7 Å². The highest BCUT2D eigenvalue weighted by atomic mass is 15.3. The van der Waals surface area contributed by atoms with Crippen LogP contribution in [0.5, 0.6) is 0 Å². The Kier molecular flexibility index (Phi) is 4.76. The van der Waals surface area contributed by atoms with E-state index in [2.05, 4.69) is 40.1 Å². The zero-order chi connectivity index (χ0) is 14.5. The molecule has 0 spiro atoms. The highest BCUT2D eigenvalue weighted by Gasteiger charge is 2.20. The molecule has 1 saturated heterocycles. The summed E-state index contributed by atoms with van der Waals surface area (Å²) in [6.45, 7) is 5.16. The van der Waals surface area contributed by atoms with Gasteiger partial charge in [-0.2, -0.15) is 0 Å². The molecule has 1 aliphatic heterocycles. The maximum atomic E-state index is 6.18. The second kappa shape index (κ2) is 6.94. The van der Waals surface area contributed by atoms with E-state index in [1.165, 1.54) is 31.2 Å². The summed E-state index contributed by atoms with van der Waals surface area (Å²) in [5.41, 5.74) is 7.57. The molecule has 0 aromatic heterocycles. The summed E-state index contributed by atoms with van der Waals surface area (Å²) in [6.07, 6.45) is 5.06. The van der Waals surface area contributed by atoms with Gasteiger partial charge in [-0.05, 0) is 18.4 Å². The number of piperazine rings is 1. The van der Waals surface area contributed by atoms with Crippen molar-refractivity contribution < 1.29 is 0 Å². The Labute approximate surface area is 127 Å². The first-order valence-electron chi connectivity index (χ1n) is 8.16. The van der Waals surface area contributed by atoms with Crippen LogP contribution in [0.4, 0.5) is 0 Å². The van der Waals surface area contributed by atoms with Gasteiger partial charge in [0.15, 0.2) is 5.96 Å². The summed E-state index contributed by atoms with van der Waals surface area (Å²) in [7, 11) is 0.